The average Bonchev–Trinajstić information content (AvgIpc) is 3.21. The lowest BCUT2D eigenvalue weighted by Crippen LogP contribution is -2.25. The molecule has 1 saturated carbocycles. The predicted octanol–water partition coefficient (Wildman–Crippen LogP) is 5.13. The summed E-state index contributed by atoms with van der Waals surface area (Å²) < 4.78 is 13.3. The molecule has 0 atom stereocenters. The van der Waals surface area contributed by atoms with Crippen molar-refractivity contribution in [1.29, 1.82) is 0 Å². The first-order valence-electron chi connectivity index (χ1n) is 10.3. The number of aryl methyl sites for hydroxylation is 1. The minimum Gasteiger partial charge on any atom is -0.454 e. The SMILES string of the molecule is Cc1cc2c(cc1C=Nn1c(C3CCCCC3)nc3ccc(Br)cc3c1=O)OCO2. The second kappa shape index (κ2) is 7.87. The van der Waals surface area contributed by atoms with Crippen molar-refractivity contribution in [3.05, 3.63) is 62.1 Å². The van der Waals surface area contributed by atoms with E-state index in [0.29, 0.717) is 11.1 Å². The minimum atomic E-state index is -0.142. The van der Waals surface area contributed by atoms with Gasteiger partial charge in [-0.2, -0.15) is 9.78 Å². The van der Waals surface area contributed by atoms with E-state index >= 15 is 0 Å². The van der Waals surface area contributed by atoms with Gasteiger partial charge >= 0.3 is 0 Å². The summed E-state index contributed by atoms with van der Waals surface area (Å²) in [5.41, 5.74) is 2.47. The van der Waals surface area contributed by atoms with Crippen molar-refractivity contribution >= 4 is 33.0 Å². The molecule has 6 nitrogen and oxygen atoms in total. The van der Waals surface area contributed by atoms with Gasteiger partial charge in [0, 0.05) is 16.0 Å². The van der Waals surface area contributed by atoms with E-state index in [9.17, 15) is 4.79 Å². The number of hydrogen-bond acceptors (Lipinski definition) is 5. The Morgan fingerprint density at radius 1 is 1.13 bits per heavy atom. The summed E-state index contributed by atoms with van der Waals surface area (Å²) in [5.74, 6) is 2.43. The van der Waals surface area contributed by atoms with Crippen molar-refractivity contribution in [2.75, 3.05) is 6.79 Å². The fourth-order valence-corrected chi connectivity index (χ4v) is 4.58. The number of benzene rings is 2. The van der Waals surface area contributed by atoms with Crippen molar-refractivity contribution in [2.45, 2.75) is 44.9 Å². The van der Waals surface area contributed by atoms with Gasteiger partial charge in [-0.1, -0.05) is 35.2 Å². The Morgan fingerprint density at radius 3 is 2.70 bits per heavy atom. The maximum atomic E-state index is 13.4. The van der Waals surface area contributed by atoms with Crippen LogP contribution in [-0.4, -0.2) is 22.7 Å². The molecule has 0 radical (unpaired) electrons. The molecule has 1 fully saturated rings. The van der Waals surface area contributed by atoms with Gasteiger partial charge in [-0.25, -0.2) is 4.98 Å². The molecule has 0 N–H and O–H groups in total. The molecule has 7 heteroatoms. The maximum Gasteiger partial charge on any atom is 0.282 e. The van der Waals surface area contributed by atoms with Crippen molar-refractivity contribution in [2.24, 2.45) is 5.10 Å². The highest BCUT2D eigenvalue weighted by molar-refractivity contribution is 9.10. The number of fused-ring (bicyclic) bond motifs is 2. The number of ether oxygens (including phenoxy) is 2. The molecular formula is C23H22BrN3O3. The van der Waals surface area contributed by atoms with Gasteiger partial charge in [-0.15, -0.1) is 0 Å². The highest BCUT2D eigenvalue weighted by Crippen LogP contribution is 2.34. The minimum absolute atomic E-state index is 0.142. The molecule has 1 aromatic heterocycles. The normalized spacial score (nSPS) is 16.6. The highest BCUT2D eigenvalue weighted by Gasteiger charge is 2.23. The second-order valence-electron chi connectivity index (χ2n) is 7.89. The fraction of sp³-hybridized carbons (Fsp3) is 0.348. The lowest BCUT2D eigenvalue weighted by atomic mass is 9.88. The molecule has 154 valence electrons. The number of nitrogens with zero attached hydrogens (tertiary/aromatic N) is 3. The molecule has 0 bridgehead atoms. The largest absolute Gasteiger partial charge is 0.454 e. The van der Waals surface area contributed by atoms with Gasteiger partial charge < -0.3 is 9.47 Å². The van der Waals surface area contributed by atoms with Crippen LogP contribution in [0.25, 0.3) is 10.9 Å². The van der Waals surface area contributed by atoms with Gasteiger partial charge in [0.15, 0.2) is 11.5 Å². The van der Waals surface area contributed by atoms with E-state index in [-0.39, 0.29) is 18.3 Å². The first-order valence-corrected chi connectivity index (χ1v) is 11.1. The molecule has 0 saturated heterocycles. The zero-order chi connectivity index (χ0) is 20.7. The summed E-state index contributed by atoms with van der Waals surface area (Å²) in [4.78, 5) is 18.3. The van der Waals surface area contributed by atoms with Crippen LogP contribution >= 0.6 is 15.9 Å². The van der Waals surface area contributed by atoms with Gasteiger partial charge in [-0.3, -0.25) is 4.79 Å². The van der Waals surface area contributed by atoms with Crippen molar-refractivity contribution in [1.82, 2.24) is 9.66 Å². The Bertz CT molecular complexity index is 1210. The monoisotopic (exact) mass is 467 g/mol. The van der Waals surface area contributed by atoms with Crippen molar-refractivity contribution < 1.29 is 9.47 Å². The molecule has 0 spiro atoms. The topological polar surface area (TPSA) is 65.7 Å². The van der Waals surface area contributed by atoms with E-state index in [1.165, 1.54) is 11.1 Å². The Hall–Kier alpha value is -2.67. The molecule has 1 aliphatic heterocycles. The summed E-state index contributed by atoms with van der Waals surface area (Å²) in [5, 5.41) is 5.18. The van der Waals surface area contributed by atoms with Gasteiger partial charge in [0.2, 0.25) is 6.79 Å². The summed E-state index contributed by atoms with van der Waals surface area (Å²) >= 11 is 3.46. The molecule has 1 aliphatic carbocycles. The Kier molecular flexibility index (Phi) is 5.06. The predicted molar refractivity (Wildman–Crippen MR) is 120 cm³/mol. The van der Waals surface area contributed by atoms with Crippen LogP contribution < -0.4 is 15.0 Å². The Balaban J connectivity index is 1.64. The third-order valence-corrected chi connectivity index (χ3v) is 6.37. The molecule has 2 aliphatic rings. The Labute approximate surface area is 182 Å². The van der Waals surface area contributed by atoms with Crippen LogP contribution in [0.15, 0.2) is 44.7 Å². The molecule has 30 heavy (non-hydrogen) atoms. The summed E-state index contributed by atoms with van der Waals surface area (Å²) in [6.45, 7) is 2.22. The third-order valence-electron chi connectivity index (χ3n) is 5.88. The first-order chi connectivity index (χ1) is 14.6. The number of rotatable bonds is 3. The van der Waals surface area contributed by atoms with Gasteiger partial charge in [0.25, 0.3) is 5.56 Å². The van der Waals surface area contributed by atoms with Crippen LogP contribution in [0.3, 0.4) is 0 Å². The van der Waals surface area contributed by atoms with Crippen LogP contribution in [0.1, 0.15) is 55.0 Å². The van der Waals surface area contributed by atoms with Gasteiger partial charge in [0.05, 0.1) is 17.1 Å². The van der Waals surface area contributed by atoms with Crippen LogP contribution in [0.5, 0.6) is 11.5 Å². The van der Waals surface area contributed by atoms with E-state index < -0.39 is 0 Å². The van der Waals surface area contributed by atoms with E-state index in [2.05, 4.69) is 21.0 Å². The van der Waals surface area contributed by atoms with Crippen LogP contribution in [0.2, 0.25) is 0 Å². The number of aromatic nitrogens is 2. The molecular weight excluding hydrogens is 446 g/mol. The van der Waals surface area contributed by atoms with Gasteiger partial charge in [-0.05, 0) is 55.7 Å². The summed E-state index contributed by atoms with van der Waals surface area (Å²) in [7, 11) is 0. The molecule has 2 heterocycles. The second-order valence-corrected chi connectivity index (χ2v) is 8.81. The maximum absolute atomic E-state index is 13.4. The quantitative estimate of drug-likeness (QED) is 0.501. The average molecular weight is 468 g/mol. The van der Waals surface area contributed by atoms with Crippen LogP contribution in [0, 0.1) is 6.92 Å². The smallest absolute Gasteiger partial charge is 0.282 e. The van der Waals surface area contributed by atoms with Gasteiger partial charge in [0.1, 0.15) is 5.82 Å². The van der Waals surface area contributed by atoms with Crippen molar-refractivity contribution in [3.8, 4) is 11.5 Å². The molecule has 2 aromatic carbocycles. The Morgan fingerprint density at radius 2 is 1.90 bits per heavy atom. The standard InChI is InChI=1S/C23H22BrN3O3/c1-14-9-20-21(30-13-29-20)10-16(14)12-25-27-22(15-5-3-2-4-6-15)26-19-8-7-17(24)11-18(19)23(27)28/h7-12,15H,2-6,13H2,1H3. The van der Waals surface area contributed by atoms with Crippen LogP contribution in [-0.2, 0) is 0 Å². The fourth-order valence-electron chi connectivity index (χ4n) is 4.22. The van der Waals surface area contributed by atoms with E-state index in [4.69, 9.17) is 14.5 Å². The molecule has 5 rings (SSSR count). The number of halogens is 1. The lowest BCUT2D eigenvalue weighted by molar-refractivity contribution is 0.174. The lowest BCUT2D eigenvalue weighted by Gasteiger charge is -2.22. The summed E-state index contributed by atoms with van der Waals surface area (Å²) in [6, 6.07) is 9.46. The summed E-state index contributed by atoms with van der Waals surface area (Å²) in [6.07, 6.45) is 7.34. The van der Waals surface area contributed by atoms with Crippen LogP contribution in [0.4, 0.5) is 0 Å². The highest BCUT2D eigenvalue weighted by atomic mass is 79.9. The zero-order valence-electron chi connectivity index (χ0n) is 16.7. The third kappa shape index (κ3) is 3.51. The molecule has 3 aromatic rings. The van der Waals surface area contributed by atoms with E-state index in [0.717, 1.165) is 58.4 Å². The van der Waals surface area contributed by atoms with E-state index in [1.807, 2.05) is 37.3 Å². The first kappa shape index (κ1) is 19.3. The molecule has 0 amide bonds. The molecule has 0 unspecified atom stereocenters. The van der Waals surface area contributed by atoms with Crippen molar-refractivity contribution in [3.63, 3.8) is 0 Å². The van der Waals surface area contributed by atoms with E-state index in [1.54, 1.807) is 6.21 Å². The number of hydrogen-bond donors (Lipinski definition) is 0. The zero-order valence-corrected chi connectivity index (χ0v) is 18.3.